The molecule has 0 fully saturated rings. The lowest BCUT2D eigenvalue weighted by Crippen LogP contribution is -2.31. The number of nitrogens with zero attached hydrogens (tertiary/aromatic N) is 3. The van der Waals surface area contributed by atoms with E-state index in [1.807, 2.05) is 64.1 Å². The second kappa shape index (κ2) is 11.0. The average molecular weight is 469 g/mol. The highest BCUT2D eigenvalue weighted by atomic mass is 32.1. The van der Waals surface area contributed by atoms with Crippen molar-refractivity contribution in [1.29, 1.82) is 0 Å². The summed E-state index contributed by atoms with van der Waals surface area (Å²) < 4.78 is 5.85. The van der Waals surface area contributed by atoms with Gasteiger partial charge in [-0.1, -0.05) is 29.5 Å². The van der Waals surface area contributed by atoms with Crippen LogP contribution in [-0.4, -0.2) is 53.4 Å². The van der Waals surface area contributed by atoms with Gasteiger partial charge in [0.1, 0.15) is 17.4 Å². The molecule has 3 aromatic rings. The predicted molar refractivity (Wildman–Crippen MR) is 129 cm³/mol. The number of benzene rings is 2. The molecule has 0 saturated heterocycles. The van der Waals surface area contributed by atoms with Gasteiger partial charge in [0.05, 0.1) is 6.54 Å². The molecule has 0 aliphatic heterocycles. The van der Waals surface area contributed by atoms with Crippen molar-refractivity contribution in [2.45, 2.75) is 27.7 Å². The van der Waals surface area contributed by atoms with Gasteiger partial charge in [0.15, 0.2) is 0 Å². The fraction of sp³-hybridized carbons (Fsp3) is 0.333. The number of aryl methyl sites for hydroxylation is 3. The topological polar surface area (TPSA) is 105 Å². The lowest BCUT2D eigenvalue weighted by atomic mass is 10.1. The summed E-state index contributed by atoms with van der Waals surface area (Å²) in [5.74, 6) is -0.221. The van der Waals surface area contributed by atoms with Crippen molar-refractivity contribution in [3.8, 4) is 16.3 Å². The SMILES string of the molecule is CCN(C(=O)c1ccccc1C)c1nnc(-c2cc(C)c(OCCNCC(=O)O)c(C)c2)s1. The highest BCUT2D eigenvalue weighted by Gasteiger charge is 2.22. The smallest absolute Gasteiger partial charge is 0.317 e. The van der Waals surface area contributed by atoms with E-state index in [2.05, 4.69) is 15.5 Å². The summed E-state index contributed by atoms with van der Waals surface area (Å²) in [7, 11) is 0. The van der Waals surface area contributed by atoms with Crippen LogP contribution >= 0.6 is 11.3 Å². The molecule has 0 unspecified atom stereocenters. The summed E-state index contributed by atoms with van der Waals surface area (Å²) in [5.41, 5.74) is 4.38. The van der Waals surface area contributed by atoms with Crippen molar-refractivity contribution < 1.29 is 19.4 Å². The molecule has 33 heavy (non-hydrogen) atoms. The van der Waals surface area contributed by atoms with E-state index >= 15 is 0 Å². The Morgan fingerprint density at radius 1 is 1.09 bits per heavy atom. The molecule has 2 aromatic carbocycles. The van der Waals surface area contributed by atoms with Crippen molar-refractivity contribution in [3.63, 3.8) is 0 Å². The van der Waals surface area contributed by atoms with Gasteiger partial charge in [0.25, 0.3) is 5.91 Å². The van der Waals surface area contributed by atoms with E-state index in [9.17, 15) is 9.59 Å². The maximum Gasteiger partial charge on any atom is 0.317 e. The second-order valence-electron chi connectivity index (χ2n) is 7.61. The first-order valence-corrected chi connectivity index (χ1v) is 11.5. The largest absolute Gasteiger partial charge is 0.492 e. The van der Waals surface area contributed by atoms with E-state index < -0.39 is 5.97 Å². The highest BCUT2D eigenvalue weighted by molar-refractivity contribution is 7.18. The Bertz CT molecular complexity index is 1120. The van der Waals surface area contributed by atoms with Gasteiger partial charge in [-0.3, -0.25) is 14.5 Å². The van der Waals surface area contributed by atoms with E-state index in [-0.39, 0.29) is 12.5 Å². The first-order valence-electron chi connectivity index (χ1n) is 10.7. The van der Waals surface area contributed by atoms with Crippen LogP contribution in [0.25, 0.3) is 10.6 Å². The minimum Gasteiger partial charge on any atom is -0.492 e. The van der Waals surface area contributed by atoms with Gasteiger partial charge in [0.2, 0.25) is 5.13 Å². The molecular weight excluding hydrogens is 440 g/mol. The zero-order chi connectivity index (χ0) is 24.0. The number of aliphatic carboxylic acids is 1. The van der Waals surface area contributed by atoms with Crippen LogP contribution in [0.15, 0.2) is 36.4 Å². The van der Waals surface area contributed by atoms with Crippen molar-refractivity contribution in [3.05, 3.63) is 58.7 Å². The number of hydrogen-bond donors (Lipinski definition) is 2. The van der Waals surface area contributed by atoms with Gasteiger partial charge in [-0.05, 0) is 62.6 Å². The number of carboxylic acids is 1. The number of nitrogens with one attached hydrogen (secondary N) is 1. The predicted octanol–water partition coefficient (Wildman–Crippen LogP) is 3.85. The van der Waals surface area contributed by atoms with Crippen LogP contribution in [0.2, 0.25) is 0 Å². The average Bonchev–Trinajstić information content (AvgIpc) is 3.25. The van der Waals surface area contributed by atoms with E-state index in [1.165, 1.54) is 11.3 Å². The zero-order valence-electron chi connectivity index (χ0n) is 19.2. The zero-order valence-corrected chi connectivity index (χ0v) is 20.0. The quantitative estimate of drug-likeness (QED) is 0.436. The van der Waals surface area contributed by atoms with Crippen LogP contribution in [-0.2, 0) is 4.79 Å². The Morgan fingerprint density at radius 3 is 2.42 bits per heavy atom. The number of carboxylic acid groups (broad SMARTS) is 1. The van der Waals surface area contributed by atoms with Crippen molar-refractivity contribution >= 4 is 28.3 Å². The van der Waals surface area contributed by atoms with Gasteiger partial charge in [-0.15, -0.1) is 10.2 Å². The van der Waals surface area contributed by atoms with Gasteiger partial charge in [0, 0.05) is 24.2 Å². The Kier molecular flexibility index (Phi) is 8.13. The van der Waals surface area contributed by atoms with E-state index in [0.717, 1.165) is 33.0 Å². The van der Waals surface area contributed by atoms with Gasteiger partial charge >= 0.3 is 5.97 Å². The van der Waals surface area contributed by atoms with Gasteiger partial charge < -0.3 is 15.2 Å². The Morgan fingerprint density at radius 2 is 1.79 bits per heavy atom. The molecular formula is C24H28N4O4S. The minimum absolute atomic E-state index is 0.0917. The van der Waals surface area contributed by atoms with Crippen molar-refractivity contribution in [2.75, 3.05) is 31.1 Å². The number of rotatable bonds is 10. The summed E-state index contributed by atoms with van der Waals surface area (Å²) in [4.78, 5) is 25.3. The number of anilines is 1. The van der Waals surface area contributed by atoms with E-state index in [4.69, 9.17) is 9.84 Å². The third-order valence-electron chi connectivity index (χ3n) is 5.09. The van der Waals surface area contributed by atoms with Crippen LogP contribution in [0.1, 0.15) is 34.0 Å². The number of hydrogen-bond acceptors (Lipinski definition) is 7. The molecule has 1 aromatic heterocycles. The maximum absolute atomic E-state index is 13.1. The number of aromatic nitrogens is 2. The van der Waals surface area contributed by atoms with Crippen LogP contribution in [0.4, 0.5) is 5.13 Å². The molecule has 9 heteroatoms. The van der Waals surface area contributed by atoms with E-state index in [1.54, 1.807) is 4.90 Å². The first kappa shape index (κ1) is 24.3. The Labute approximate surface area is 197 Å². The molecule has 0 aliphatic rings. The molecule has 8 nitrogen and oxygen atoms in total. The molecule has 0 atom stereocenters. The molecule has 0 radical (unpaired) electrons. The van der Waals surface area contributed by atoms with E-state index in [0.29, 0.717) is 30.4 Å². The fourth-order valence-electron chi connectivity index (χ4n) is 3.49. The molecule has 1 heterocycles. The van der Waals surface area contributed by atoms with Crippen LogP contribution < -0.4 is 15.0 Å². The summed E-state index contributed by atoms with van der Waals surface area (Å²) in [6.07, 6.45) is 0. The standard InChI is InChI=1S/C24H28N4O4S/c1-5-28(23(31)19-9-7-6-8-15(19)2)24-27-26-22(33-24)18-12-16(3)21(17(4)13-18)32-11-10-25-14-20(29)30/h6-9,12-13,25H,5,10-11,14H2,1-4H3,(H,29,30). The number of carbonyl (C=O) groups excluding carboxylic acids is 1. The fourth-order valence-corrected chi connectivity index (χ4v) is 4.38. The Hall–Kier alpha value is -3.30. The minimum atomic E-state index is -0.898. The molecule has 1 amide bonds. The number of carbonyl (C=O) groups is 2. The number of ether oxygens (including phenoxy) is 1. The summed E-state index contributed by atoms with van der Waals surface area (Å²) in [6, 6.07) is 11.5. The molecule has 0 saturated carbocycles. The van der Waals surface area contributed by atoms with Crippen LogP contribution in [0, 0.1) is 20.8 Å². The van der Waals surface area contributed by atoms with Gasteiger partial charge in [-0.2, -0.15) is 0 Å². The van der Waals surface area contributed by atoms with Crippen molar-refractivity contribution in [2.24, 2.45) is 0 Å². The summed E-state index contributed by atoms with van der Waals surface area (Å²) >= 11 is 1.37. The molecule has 2 N–H and O–H groups in total. The second-order valence-corrected chi connectivity index (χ2v) is 8.57. The monoisotopic (exact) mass is 468 g/mol. The van der Waals surface area contributed by atoms with Crippen molar-refractivity contribution in [1.82, 2.24) is 15.5 Å². The van der Waals surface area contributed by atoms with Crippen LogP contribution in [0.5, 0.6) is 5.75 Å². The lowest BCUT2D eigenvalue weighted by molar-refractivity contribution is -0.135. The summed E-state index contributed by atoms with van der Waals surface area (Å²) in [5, 5.41) is 21.4. The normalized spacial score (nSPS) is 10.8. The Balaban J connectivity index is 1.76. The lowest BCUT2D eigenvalue weighted by Gasteiger charge is -2.18. The molecule has 0 spiro atoms. The summed E-state index contributed by atoms with van der Waals surface area (Å²) in [6.45, 7) is 8.95. The maximum atomic E-state index is 13.1. The molecule has 174 valence electrons. The molecule has 0 aliphatic carbocycles. The van der Waals surface area contributed by atoms with Gasteiger partial charge in [-0.25, -0.2) is 0 Å². The van der Waals surface area contributed by atoms with Crippen LogP contribution in [0.3, 0.4) is 0 Å². The molecule has 0 bridgehead atoms. The third kappa shape index (κ3) is 5.94. The highest BCUT2D eigenvalue weighted by Crippen LogP contribution is 2.34. The molecule has 3 rings (SSSR count). The number of amides is 1. The third-order valence-corrected chi connectivity index (χ3v) is 6.09. The first-order chi connectivity index (χ1) is 15.8.